The van der Waals surface area contributed by atoms with Gasteiger partial charge in [-0.15, -0.1) is 0 Å². The second-order valence-electron chi connectivity index (χ2n) is 5.76. The third-order valence-electron chi connectivity index (χ3n) is 4.15. The van der Waals surface area contributed by atoms with Crippen LogP contribution in [0.15, 0.2) is 0 Å². The average Bonchev–Trinajstić information content (AvgIpc) is 2.19. The van der Waals surface area contributed by atoms with E-state index in [2.05, 4.69) is 45.0 Å². The van der Waals surface area contributed by atoms with Crippen molar-refractivity contribution >= 4 is 0 Å². The minimum atomic E-state index is 0.463. The molecule has 1 fully saturated rings. The second-order valence-corrected chi connectivity index (χ2v) is 5.76. The van der Waals surface area contributed by atoms with Crippen LogP contribution in [0.2, 0.25) is 0 Å². The number of likely N-dealkylation sites (tertiary alicyclic amines) is 1. The third kappa shape index (κ3) is 3.18. The Morgan fingerprint density at radius 2 is 2.13 bits per heavy atom. The molecule has 1 aliphatic rings. The van der Waals surface area contributed by atoms with Gasteiger partial charge in [-0.05, 0) is 51.2 Å². The molecule has 90 valence electrons. The quantitative estimate of drug-likeness (QED) is 0.769. The Balaban J connectivity index is 2.56. The normalized spacial score (nSPS) is 29.0. The Bertz CT molecular complexity index is 189. The van der Waals surface area contributed by atoms with Crippen LogP contribution in [0.3, 0.4) is 0 Å². The van der Waals surface area contributed by atoms with Gasteiger partial charge in [-0.2, -0.15) is 0 Å². The van der Waals surface area contributed by atoms with Gasteiger partial charge in [0.15, 0.2) is 0 Å². The van der Waals surface area contributed by atoms with Gasteiger partial charge in [0.25, 0.3) is 0 Å². The van der Waals surface area contributed by atoms with E-state index >= 15 is 0 Å². The van der Waals surface area contributed by atoms with Gasteiger partial charge < -0.3 is 10.2 Å². The molecule has 15 heavy (non-hydrogen) atoms. The van der Waals surface area contributed by atoms with Crippen molar-refractivity contribution in [2.24, 2.45) is 11.3 Å². The summed E-state index contributed by atoms with van der Waals surface area (Å²) in [5.74, 6) is 0.836. The maximum Gasteiger partial charge on any atom is 0.00645 e. The highest BCUT2D eigenvalue weighted by Gasteiger charge is 2.36. The maximum atomic E-state index is 3.33. The van der Waals surface area contributed by atoms with Crippen molar-refractivity contribution in [3.05, 3.63) is 0 Å². The molecule has 0 bridgehead atoms. The zero-order valence-electron chi connectivity index (χ0n) is 11.1. The lowest BCUT2D eigenvalue weighted by Gasteiger charge is -2.46. The van der Waals surface area contributed by atoms with E-state index in [1.807, 2.05) is 0 Å². The number of piperidine rings is 1. The van der Waals surface area contributed by atoms with Crippen LogP contribution in [0.25, 0.3) is 0 Å². The standard InChI is InChI=1S/C13H28N2/c1-6-11(2)15-8-7-12(9-14-5)13(3,4)10-15/h11-12,14H,6-10H2,1-5H3. The Kier molecular flexibility index (Phi) is 4.60. The van der Waals surface area contributed by atoms with Gasteiger partial charge >= 0.3 is 0 Å². The molecule has 2 nitrogen and oxygen atoms in total. The lowest BCUT2D eigenvalue weighted by molar-refractivity contribution is 0.0323. The molecule has 1 rings (SSSR count). The molecule has 2 unspecified atom stereocenters. The molecule has 2 atom stereocenters. The van der Waals surface area contributed by atoms with Gasteiger partial charge in [0.2, 0.25) is 0 Å². The molecule has 1 saturated heterocycles. The summed E-state index contributed by atoms with van der Waals surface area (Å²) in [4.78, 5) is 2.66. The molecule has 0 saturated carbocycles. The summed E-state index contributed by atoms with van der Waals surface area (Å²) in [5.41, 5.74) is 0.463. The first-order valence-electron chi connectivity index (χ1n) is 6.40. The van der Waals surface area contributed by atoms with Crippen LogP contribution in [0.1, 0.15) is 40.5 Å². The van der Waals surface area contributed by atoms with E-state index < -0.39 is 0 Å². The van der Waals surface area contributed by atoms with Crippen molar-refractivity contribution in [1.82, 2.24) is 10.2 Å². The minimum absolute atomic E-state index is 0.463. The van der Waals surface area contributed by atoms with E-state index in [1.54, 1.807) is 0 Å². The highest BCUT2D eigenvalue weighted by molar-refractivity contribution is 4.89. The first kappa shape index (κ1) is 13.0. The van der Waals surface area contributed by atoms with Crippen LogP contribution in [-0.4, -0.2) is 37.6 Å². The summed E-state index contributed by atoms with van der Waals surface area (Å²) in [5, 5.41) is 3.33. The lowest BCUT2D eigenvalue weighted by Crippen LogP contribution is -2.51. The van der Waals surface area contributed by atoms with E-state index in [4.69, 9.17) is 0 Å². The van der Waals surface area contributed by atoms with Crippen LogP contribution < -0.4 is 5.32 Å². The first-order chi connectivity index (χ1) is 7.01. The van der Waals surface area contributed by atoms with Crippen molar-refractivity contribution in [3.63, 3.8) is 0 Å². The largest absolute Gasteiger partial charge is 0.319 e. The van der Waals surface area contributed by atoms with E-state index in [0.717, 1.165) is 12.0 Å². The van der Waals surface area contributed by atoms with Crippen molar-refractivity contribution in [2.75, 3.05) is 26.7 Å². The van der Waals surface area contributed by atoms with E-state index in [0.29, 0.717) is 5.41 Å². The zero-order valence-corrected chi connectivity index (χ0v) is 11.1. The van der Waals surface area contributed by atoms with Crippen molar-refractivity contribution < 1.29 is 0 Å². The molecular weight excluding hydrogens is 184 g/mol. The van der Waals surface area contributed by atoms with Gasteiger partial charge in [0, 0.05) is 12.6 Å². The molecule has 2 heteroatoms. The SMILES string of the molecule is CCC(C)N1CCC(CNC)C(C)(C)C1. The molecule has 1 N–H and O–H groups in total. The molecule has 0 aromatic heterocycles. The molecular formula is C13H28N2. The summed E-state index contributed by atoms with van der Waals surface area (Å²) in [6.45, 7) is 13.2. The minimum Gasteiger partial charge on any atom is -0.319 e. The van der Waals surface area contributed by atoms with Gasteiger partial charge in [-0.3, -0.25) is 0 Å². The monoisotopic (exact) mass is 212 g/mol. The molecule has 1 heterocycles. The number of rotatable bonds is 4. The number of nitrogens with one attached hydrogen (secondary N) is 1. The van der Waals surface area contributed by atoms with Crippen LogP contribution in [0.5, 0.6) is 0 Å². The van der Waals surface area contributed by atoms with Gasteiger partial charge in [-0.25, -0.2) is 0 Å². The topological polar surface area (TPSA) is 15.3 Å². The lowest BCUT2D eigenvalue weighted by atomic mass is 9.73. The maximum absolute atomic E-state index is 3.33. The summed E-state index contributed by atoms with van der Waals surface area (Å²) in [6, 6.07) is 0.750. The molecule has 0 aliphatic carbocycles. The van der Waals surface area contributed by atoms with Crippen LogP contribution in [-0.2, 0) is 0 Å². The fraction of sp³-hybridized carbons (Fsp3) is 1.00. The number of hydrogen-bond donors (Lipinski definition) is 1. The van der Waals surface area contributed by atoms with Gasteiger partial charge in [0.1, 0.15) is 0 Å². The summed E-state index contributed by atoms with van der Waals surface area (Å²) >= 11 is 0. The fourth-order valence-corrected chi connectivity index (χ4v) is 2.70. The molecule has 0 aromatic rings. The van der Waals surface area contributed by atoms with Crippen molar-refractivity contribution in [3.8, 4) is 0 Å². The van der Waals surface area contributed by atoms with Gasteiger partial charge in [-0.1, -0.05) is 20.8 Å². The number of nitrogens with zero attached hydrogens (tertiary/aromatic N) is 1. The van der Waals surface area contributed by atoms with Crippen molar-refractivity contribution in [2.45, 2.75) is 46.6 Å². The summed E-state index contributed by atoms with van der Waals surface area (Å²) < 4.78 is 0. The first-order valence-corrected chi connectivity index (χ1v) is 6.40. The van der Waals surface area contributed by atoms with Crippen LogP contribution >= 0.6 is 0 Å². The smallest absolute Gasteiger partial charge is 0.00645 e. The van der Waals surface area contributed by atoms with Gasteiger partial charge in [0.05, 0.1) is 0 Å². The Labute approximate surface area is 95.4 Å². The highest BCUT2D eigenvalue weighted by Crippen LogP contribution is 2.35. The summed E-state index contributed by atoms with van der Waals surface area (Å²) in [6.07, 6.45) is 2.62. The Morgan fingerprint density at radius 1 is 1.47 bits per heavy atom. The Morgan fingerprint density at radius 3 is 2.60 bits per heavy atom. The number of hydrogen-bond acceptors (Lipinski definition) is 2. The predicted octanol–water partition coefficient (Wildman–Crippen LogP) is 2.35. The van der Waals surface area contributed by atoms with E-state index in [9.17, 15) is 0 Å². The molecule has 1 aliphatic heterocycles. The van der Waals surface area contributed by atoms with E-state index in [1.165, 1.54) is 32.5 Å². The Hall–Kier alpha value is -0.0800. The molecule has 0 spiro atoms. The molecule has 0 radical (unpaired) electrons. The van der Waals surface area contributed by atoms with Crippen LogP contribution in [0.4, 0.5) is 0 Å². The third-order valence-corrected chi connectivity index (χ3v) is 4.15. The van der Waals surface area contributed by atoms with Crippen LogP contribution in [0, 0.1) is 11.3 Å². The molecule has 0 aromatic carbocycles. The van der Waals surface area contributed by atoms with E-state index in [-0.39, 0.29) is 0 Å². The zero-order chi connectivity index (χ0) is 11.5. The van der Waals surface area contributed by atoms with Crippen molar-refractivity contribution in [1.29, 1.82) is 0 Å². The predicted molar refractivity (Wildman–Crippen MR) is 67.1 cm³/mol. The molecule has 0 amide bonds. The fourth-order valence-electron chi connectivity index (χ4n) is 2.70. The summed E-state index contributed by atoms with van der Waals surface area (Å²) in [7, 11) is 2.07. The highest BCUT2D eigenvalue weighted by atomic mass is 15.2. The second kappa shape index (κ2) is 5.31. The average molecular weight is 212 g/mol.